The fourth-order valence-corrected chi connectivity index (χ4v) is 1.96. The Labute approximate surface area is 102 Å². The van der Waals surface area contributed by atoms with Crippen LogP contribution in [-0.4, -0.2) is 66.5 Å². The van der Waals surface area contributed by atoms with Crippen LogP contribution in [0, 0.1) is 0 Å². The van der Waals surface area contributed by atoms with Crippen LogP contribution >= 0.6 is 12.2 Å². The summed E-state index contributed by atoms with van der Waals surface area (Å²) in [6.45, 7) is 7.46. The largest absolute Gasteiger partial charge is 0.392 e. The Morgan fingerprint density at radius 1 is 1.25 bits per heavy atom. The van der Waals surface area contributed by atoms with Gasteiger partial charge in [-0.05, 0) is 6.92 Å². The summed E-state index contributed by atoms with van der Waals surface area (Å²) in [7, 11) is 0. The molecule has 16 heavy (non-hydrogen) atoms. The Kier molecular flexibility index (Phi) is 5.65. The van der Waals surface area contributed by atoms with E-state index in [4.69, 9.17) is 18.0 Å². The molecule has 0 saturated carbocycles. The van der Waals surface area contributed by atoms with Gasteiger partial charge in [-0.1, -0.05) is 12.2 Å². The first-order valence-corrected chi connectivity index (χ1v) is 6.02. The quantitative estimate of drug-likeness (QED) is 0.609. The molecule has 3 N–H and O–H groups in total. The van der Waals surface area contributed by atoms with Crippen LogP contribution in [0.2, 0.25) is 0 Å². The summed E-state index contributed by atoms with van der Waals surface area (Å²) in [5, 5.41) is 2.80. The fraction of sp³-hybridized carbons (Fsp3) is 0.800. The van der Waals surface area contributed by atoms with Gasteiger partial charge in [0.25, 0.3) is 0 Å². The summed E-state index contributed by atoms with van der Waals surface area (Å²) in [5.41, 5.74) is 5.49. The monoisotopic (exact) mass is 244 g/mol. The Balaban J connectivity index is 2.21. The summed E-state index contributed by atoms with van der Waals surface area (Å²) < 4.78 is 0. The molecule has 0 bridgehead atoms. The lowest BCUT2D eigenvalue weighted by atomic mass is 10.3. The van der Waals surface area contributed by atoms with E-state index in [1.165, 1.54) is 0 Å². The van der Waals surface area contributed by atoms with Crippen molar-refractivity contribution in [1.82, 2.24) is 15.1 Å². The highest BCUT2D eigenvalue weighted by Crippen LogP contribution is 2.00. The van der Waals surface area contributed by atoms with Crippen molar-refractivity contribution in [2.45, 2.75) is 6.92 Å². The number of thiocarbonyl (C=S) groups is 1. The van der Waals surface area contributed by atoms with E-state index in [-0.39, 0.29) is 5.91 Å². The molecule has 1 fully saturated rings. The van der Waals surface area contributed by atoms with E-state index in [0.29, 0.717) is 24.6 Å². The van der Waals surface area contributed by atoms with Gasteiger partial charge in [0.15, 0.2) is 0 Å². The van der Waals surface area contributed by atoms with Crippen LogP contribution in [0.25, 0.3) is 0 Å². The number of rotatable bonds is 5. The molecule has 1 saturated heterocycles. The van der Waals surface area contributed by atoms with E-state index in [1.807, 2.05) is 6.92 Å². The molecule has 0 radical (unpaired) electrons. The molecule has 0 aromatic heterocycles. The van der Waals surface area contributed by atoms with Crippen LogP contribution in [0.3, 0.4) is 0 Å². The van der Waals surface area contributed by atoms with Gasteiger partial charge in [-0.25, -0.2) is 0 Å². The zero-order valence-corrected chi connectivity index (χ0v) is 10.6. The van der Waals surface area contributed by atoms with E-state index in [0.717, 1.165) is 26.2 Å². The molecule has 0 spiro atoms. The topological polar surface area (TPSA) is 61.6 Å². The van der Waals surface area contributed by atoms with Crippen LogP contribution in [-0.2, 0) is 4.79 Å². The number of carbonyl (C=O) groups is 1. The van der Waals surface area contributed by atoms with E-state index < -0.39 is 0 Å². The fourth-order valence-electron chi connectivity index (χ4n) is 1.78. The minimum absolute atomic E-state index is 0.102. The standard InChI is InChI=1S/C10H20N4OS/c1-2-12-10(15)8-14-5-3-13(4-6-14)7-9(11)16/h2-8H2,1H3,(H2,11,16)(H,12,15). The number of amides is 1. The molecule has 1 heterocycles. The molecule has 6 heteroatoms. The zero-order valence-electron chi connectivity index (χ0n) is 9.74. The Morgan fingerprint density at radius 3 is 2.19 bits per heavy atom. The molecule has 5 nitrogen and oxygen atoms in total. The first-order valence-electron chi connectivity index (χ1n) is 5.61. The van der Waals surface area contributed by atoms with Crippen molar-refractivity contribution in [3.63, 3.8) is 0 Å². The average molecular weight is 244 g/mol. The molecule has 0 aliphatic carbocycles. The van der Waals surface area contributed by atoms with Crippen LogP contribution in [0.1, 0.15) is 6.92 Å². The second-order valence-corrected chi connectivity index (χ2v) is 4.50. The summed E-state index contributed by atoms with van der Waals surface area (Å²) in [4.78, 5) is 16.3. The molecule has 1 rings (SSSR count). The van der Waals surface area contributed by atoms with Gasteiger partial charge in [0, 0.05) is 39.3 Å². The lowest BCUT2D eigenvalue weighted by Gasteiger charge is -2.33. The minimum atomic E-state index is 0.102. The number of piperazine rings is 1. The number of nitrogens with two attached hydrogens (primary N) is 1. The molecule has 0 aromatic rings. The maximum Gasteiger partial charge on any atom is 0.234 e. The van der Waals surface area contributed by atoms with E-state index in [9.17, 15) is 4.79 Å². The molecule has 1 amide bonds. The molecule has 92 valence electrons. The summed E-state index contributed by atoms with van der Waals surface area (Å²) >= 11 is 4.87. The second kappa shape index (κ2) is 6.78. The van der Waals surface area contributed by atoms with Crippen LogP contribution in [0.15, 0.2) is 0 Å². The van der Waals surface area contributed by atoms with Gasteiger partial charge in [-0.15, -0.1) is 0 Å². The second-order valence-electron chi connectivity index (χ2n) is 3.97. The lowest BCUT2D eigenvalue weighted by Crippen LogP contribution is -2.50. The third-order valence-corrected chi connectivity index (χ3v) is 2.71. The average Bonchev–Trinajstić information content (AvgIpc) is 2.20. The Bertz CT molecular complexity index is 251. The van der Waals surface area contributed by atoms with Gasteiger partial charge in [0.05, 0.1) is 11.5 Å². The Hall–Kier alpha value is -0.720. The van der Waals surface area contributed by atoms with Crippen LogP contribution in [0.5, 0.6) is 0 Å². The molecular weight excluding hydrogens is 224 g/mol. The highest BCUT2D eigenvalue weighted by molar-refractivity contribution is 7.80. The van der Waals surface area contributed by atoms with Crippen molar-refractivity contribution in [2.75, 3.05) is 45.8 Å². The summed E-state index contributed by atoms with van der Waals surface area (Å²) in [6, 6.07) is 0. The first-order chi connectivity index (χ1) is 7.61. The van der Waals surface area contributed by atoms with Gasteiger partial charge < -0.3 is 11.1 Å². The van der Waals surface area contributed by atoms with Crippen molar-refractivity contribution < 1.29 is 4.79 Å². The minimum Gasteiger partial charge on any atom is -0.392 e. The number of hydrogen-bond acceptors (Lipinski definition) is 4. The highest BCUT2D eigenvalue weighted by atomic mass is 32.1. The molecular formula is C10H20N4OS. The third-order valence-electron chi connectivity index (χ3n) is 2.59. The van der Waals surface area contributed by atoms with Crippen molar-refractivity contribution in [3.05, 3.63) is 0 Å². The van der Waals surface area contributed by atoms with Gasteiger partial charge in [-0.2, -0.15) is 0 Å². The molecule has 1 aliphatic rings. The van der Waals surface area contributed by atoms with Crippen molar-refractivity contribution >= 4 is 23.1 Å². The molecule has 1 aliphatic heterocycles. The van der Waals surface area contributed by atoms with Crippen molar-refractivity contribution in [3.8, 4) is 0 Å². The predicted molar refractivity (Wildman–Crippen MR) is 68.3 cm³/mol. The number of likely N-dealkylation sites (N-methyl/N-ethyl adjacent to an activating group) is 1. The number of carbonyl (C=O) groups excluding carboxylic acids is 1. The van der Waals surface area contributed by atoms with Crippen molar-refractivity contribution in [2.24, 2.45) is 5.73 Å². The summed E-state index contributed by atoms with van der Waals surface area (Å²) in [6.07, 6.45) is 0. The predicted octanol–water partition coefficient (Wildman–Crippen LogP) is -0.974. The molecule has 0 atom stereocenters. The maximum atomic E-state index is 11.4. The zero-order chi connectivity index (χ0) is 12.0. The van der Waals surface area contributed by atoms with Gasteiger partial charge >= 0.3 is 0 Å². The number of nitrogens with one attached hydrogen (secondary N) is 1. The smallest absolute Gasteiger partial charge is 0.234 e. The van der Waals surface area contributed by atoms with E-state index in [2.05, 4.69) is 15.1 Å². The van der Waals surface area contributed by atoms with Crippen molar-refractivity contribution in [1.29, 1.82) is 0 Å². The maximum absolute atomic E-state index is 11.4. The van der Waals surface area contributed by atoms with Gasteiger partial charge in [0.1, 0.15) is 0 Å². The van der Waals surface area contributed by atoms with E-state index in [1.54, 1.807) is 0 Å². The number of nitrogens with zero attached hydrogens (tertiary/aromatic N) is 2. The SMILES string of the molecule is CCNC(=O)CN1CCN(CC(N)=S)CC1. The normalized spacial score (nSPS) is 18.3. The Morgan fingerprint density at radius 2 is 1.75 bits per heavy atom. The lowest BCUT2D eigenvalue weighted by molar-refractivity contribution is -0.122. The van der Waals surface area contributed by atoms with Gasteiger partial charge in [0.2, 0.25) is 5.91 Å². The summed E-state index contributed by atoms with van der Waals surface area (Å²) in [5.74, 6) is 0.102. The molecule has 0 unspecified atom stereocenters. The number of hydrogen-bond donors (Lipinski definition) is 2. The third kappa shape index (κ3) is 4.87. The molecule has 0 aromatic carbocycles. The van der Waals surface area contributed by atoms with Gasteiger partial charge in [-0.3, -0.25) is 14.6 Å². The van der Waals surface area contributed by atoms with Crippen LogP contribution < -0.4 is 11.1 Å². The van der Waals surface area contributed by atoms with E-state index >= 15 is 0 Å². The van der Waals surface area contributed by atoms with Crippen LogP contribution in [0.4, 0.5) is 0 Å². The highest BCUT2D eigenvalue weighted by Gasteiger charge is 2.18. The first kappa shape index (κ1) is 13.3.